The van der Waals surface area contributed by atoms with Gasteiger partial charge in [0.2, 0.25) is 15.8 Å². The maximum atomic E-state index is 12.9. The maximum absolute atomic E-state index is 12.9. The van der Waals surface area contributed by atoms with Crippen molar-refractivity contribution < 1.29 is 13.2 Å². The second-order valence-corrected chi connectivity index (χ2v) is 9.06. The van der Waals surface area contributed by atoms with E-state index in [1.165, 1.54) is 18.5 Å². The Morgan fingerprint density at radius 1 is 1.24 bits per heavy atom. The zero-order chi connectivity index (χ0) is 20.6. The molecule has 2 aromatic heterocycles. The van der Waals surface area contributed by atoms with Gasteiger partial charge in [0, 0.05) is 23.4 Å². The third-order valence-corrected chi connectivity index (χ3v) is 6.77. The standard InChI is InChI=1S/C20H21N5O3S/c21-19-17(18(26)13-4-3-9-23-11-13)25-16(12-24-19)20(14-5-1-6-14)8-2-7-15(10-20)29(22,27)28/h2-4,7-9,11-12,14H,1,5-6,10H2,(H2,21,24)(H2,22,27,28). The number of ketones is 1. The van der Waals surface area contributed by atoms with Crippen LogP contribution in [0, 0.1) is 5.92 Å². The number of carbonyl (C=O) groups is 1. The Hall–Kier alpha value is -2.91. The average molecular weight is 411 g/mol. The van der Waals surface area contributed by atoms with Crippen LogP contribution in [-0.2, 0) is 15.4 Å². The van der Waals surface area contributed by atoms with E-state index in [0.717, 1.165) is 19.3 Å². The van der Waals surface area contributed by atoms with Gasteiger partial charge in [0.1, 0.15) is 0 Å². The van der Waals surface area contributed by atoms with Crippen molar-refractivity contribution in [1.29, 1.82) is 0 Å². The van der Waals surface area contributed by atoms with Crippen molar-refractivity contribution in [3.8, 4) is 0 Å². The van der Waals surface area contributed by atoms with E-state index in [-0.39, 0.29) is 34.5 Å². The number of rotatable bonds is 5. The first-order valence-corrected chi connectivity index (χ1v) is 10.8. The van der Waals surface area contributed by atoms with E-state index in [0.29, 0.717) is 11.3 Å². The number of aromatic nitrogens is 3. The van der Waals surface area contributed by atoms with Crippen molar-refractivity contribution in [1.82, 2.24) is 15.0 Å². The minimum absolute atomic E-state index is 0.0216. The molecular formula is C20H21N5O3S. The lowest BCUT2D eigenvalue weighted by atomic mass is 9.61. The number of nitrogens with zero attached hydrogens (tertiary/aromatic N) is 3. The van der Waals surface area contributed by atoms with Gasteiger partial charge < -0.3 is 5.73 Å². The van der Waals surface area contributed by atoms with Crippen LogP contribution in [0.3, 0.4) is 0 Å². The van der Waals surface area contributed by atoms with Crippen LogP contribution in [-0.4, -0.2) is 29.2 Å². The van der Waals surface area contributed by atoms with Crippen LogP contribution >= 0.6 is 0 Å². The fraction of sp³-hybridized carbons (Fsp3) is 0.300. The molecule has 2 aliphatic rings. The first-order chi connectivity index (χ1) is 13.8. The maximum Gasteiger partial charge on any atom is 0.234 e. The second kappa shape index (κ2) is 7.16. The molecule has 4 N–H and O–H groups in total. The van der Waals surface area contributed by atoms with Crippen LogP contribution < -0.4 is 10.9 Å². The zero-order valence-electron chi connectivity index (χ0n) is 15.7. The summed E-state index contributed by atoms with van der Waals surface area (Å²) in [6.07, 6.45) is 12.8. The summed E-state index contributed by atoms with van der Waals surface area (Å²) in [5.41, 5.74) is 6.18. The van der Waals surface area contributed by atoms with Gasteiger partial charge in [0.25, 0.3) is 0 Å². The van der Waals surface area contributed by atoms with Gasteiger partial charge in [-0.25, -0.2) is 23.5 Å². The van der Waals surface area contributed by atoms with E-state index < -0.39 is 15.4 Å². The topological polar surface area (TPSA) is 142 Å². The number of carbonyl (C=O) groups excluding carboxylic acids is 1. The fourth-order valence-corrected chi connectivity index (χ4v) is 4.65. The van der Waals surface area contributed by atoms with Crippen molar-refractivity contribution in [3.63, 3.8) is 0 Å². The number of hydrogen-bond acceptors (Lipinski definition) is 7. The summed E-state index contributed by atoms with van der Waals surface area (Å²) in [4.78, 5) is 25.8. The van der Waals surface area contributed by atoms with Crippen molar-refractivity contribution in [2.75, 3.05) is 5.73 Å². The molecule has 0 saturated heterocycles. The number of nitrogen functional groups attached to an aromatic ring is 1. The van der Waals surface area contributed by atoms with Crippen molar-refractivity contribution >= 4 is 21.6 Å². The highest BCUT2D eigenvalue weighted by Crippen LogP contribution is 2.50. The molecule has 8 nitrogen and oxygen atoms in total. The van der Waals surface area contributed by atoms with Gasteiger partial charge in [0.05, 0.1) is 16.8 Å². The molecular weight excluding hydrogens is 390 g/mol. The number of hydrogen-bond donors (Lipinski definition) is 2. The largest absolute Gasteiger partial charge is 0.382 e. The number of nitrogens with two attached hydrogens (primary N) is 2. The monoisotopic (exact) mass is 411 g/mol. The fourth-order valence-electron chi connectivity index (χ4n) is 3.94. The quantitative estimate of drug-likeness (QED) is 0.715. The Bertz CT molecular complexity index is 1120. The van der Waals surface area contributed by atoms with Crippen LogP contribution in [0.1, 0.15) is 47.4 Å². The Morgan fingerprint density at radius 2 is 2.03 bits per heavy atom. The molecule has 1 saturated carbocycles. The smallest absolute Gasteiger partial charge is 0.234 e. The van der Waals surface area contributed by atoms with Gasteiger partial charge in [-0.15, -0.1) is 0 Å². The summed E-state index contributed by atoms with van der Waals surface area (Å²) >= 11 is 0. The Balaban J connectivity index is 1.80. The summed E-state index contributed by atoms with van der Waals surface area (Å²) in [6.45, 7) is 0. The molecule has 2 aliphatic carbocycles. The van der Waals surface area contributed by atoms with E-state index >= 15 is 0 Å². The minimum Gasteiger partial charge on any atom is -0.382 e. The van der Waals surface area contributed by atoms with E-state index in [1.807, 2.05) is 6.08 Å². The van der Waals surface area contributed by atoms with Crippen LogP contribution in [0.5, 0.6) is 0 Å². The highest BCUT2D eigenvalue weighted by molar-refractivity contribution is 7.93. The second-order valence-electron chi connectivity index (χ2n) is 7.44. The molecule has 0 aliphatic heterocycles. The van der Waals surface area contributed by atoms with Gasteiger partial charge in [-0.05, 0) is 43.4 Å². The van der Waals surface area contributed by atoms with E-state index in [1.54, 1.807) is 24.4 Å². The van der Waals surface area contributed by atoms with Crippen LogP contribution in [0.4, 0.5) is 5.82 Å². The number of sulfonamides is 1. The lowest BCUT2D eigenvalue weighted by Gasteiger charge is -2.44. The molecule has 0 radical (unpaired) electrons. The molecule has 1 unspecified atom stereocenters. The number of pyridine rings is 1. The van der Waals surface area contributed by atoms with Gasteiger partial charge in [0.15, 0.2) is 11.5 Å². The summed E-state index contributed by atoms with van der Waals surface area (Å²) in [5, 5.41) is 5.40. The molecule has 9 heteroatoms. The van der Waals surface area contributed by atoms with E-state index in [4.69, 9.17) is 10.9 Å². The Morgan fingerprint density at radius 3 is 2.66 bits per heavy atom. The van der Waals surface area contributed by atoms with Gasteiger partial charge >= 0.3 is 0 Å². The summed E-state index contributed by atoms with van der Waals surface area (Å²) < 4.78 is 24.0. The van der Waals surface area contributed by atoms with Gasteiger partial charge in [-0.1, -0.05) is 18.6 Å². The molecule has 0 aromatic carbocycles. The van der Waals surface area contributed by atoms with E-state index in [2.05, 4.69) is 15.0 Å². The lowest BCUT2D eigenvalue weighted by Crippen LogP contribution is -2.41. The number of primary sulfonamides is 1. The van der Waals surface area contributed by atoms with Crippen LogP contribution in [0.25, 0.3) is 0 Å². The third kappa shape index (κ3) is 3.47. The normalized spacial score (nSPS) is 22.0. The summed E-state index contributed by atoms with van der Waals surface area (Å²) in [6, 6.07) is 3.29. The molecule has 1 fully saturated rings. The predicted octanol–water partition coefficient (Wildman–Crippen LogP) is 1.85. The summed E-state index contributed by atoms with van der Waals surface area (Å²) in [7, 11) is -3.84. The molecule has 2 heterocycles. The molecule has 0 amide bonds. The van der Waals surface area contributed by atoms with Crippen LogP contribution in [0.15, 0.2) is 53.9 Å². The first-order valence-electron chi connectivity index (χ1n) is 9.30. The van der Waals surface area contributed by atoms with Gasteiger partial charge in [-0.3, -0.25) is 9.78 Å². The zero-order valence-corrected chi connectivity index (χ0v) is 16.5. The average Bonchev–Trinajstić information content (AvgIpc) is 2.66. The SMILES string of the molecule is Nc1ncc(C2(C3CCC3)C=CC=C(S(N)(=O)=O)C2)nc1C(=O)c1cccnc1. The Kier molecular flexibility index (Phi) is 4.79. The highest BCUT2D eigenvalue weighted by atomic mass is 32.2. The molecule has 1 atom stereocenters. The van der Waals surface area contributed by atoms with Crippen molar-refractivity contribution in [2.45, 2.75) is 31.1 Å². The van der Waals surface area contributed by atoms with Crippen LogP contribution in [0.2, 0.25) is 0 Å². The summed E-state index contributed by atoms with van der Waals surface area (Å²) in [5.74, 6) is -0.174. The molecule has 0 bridgehead atoms. The molecule has 29 heavy (non-hydrogen) atoms. The van der Waals surface area contributed by atoms with Crippen molar-refractivity contribution in [2.24, 2.45) is 11.1 Å². The molecule has 150 valence electrons. The lowest BCUT2D eigenvalue weighted by molar-refractivity contribution is 0.103. The minimum atomic E-state index is -3.84. The van der Waals surface area contributed by atoms with Gasteiger partial charge in [-0.2, -0.15) is 0 Å². The molecule has 2 aromatic rings. The predicted molar refractivity (Wildman–Crippen MR) is 108 cm³/mol. The Labute approximate surface area is 168 Å². The highest BCUT2D eigenvalue weighted by Gasteiger charge is 2.45. The van der Waals surface area contributed by atoms with Crippen molar-refractivity contribution in [3.05, 3.63) is 70.8 Å². The molecule has 0 spiro atoms. The molecule has 4 rings (SSSR count). The number of anilines is 1. The third-order valence-electron chi connectivity index (χ3n) is 5.76. The van der Waals surface area contributed by atoms with E-state index in [9.17, 15) is 13.2 Å². The number of allylic oxidation sites excluding steroid dienone is 4. The first kappa shape index (κ1) is 19.4.